The van der Waals surface area contributed by atoms with E-state index >= 15 is 0 Å². The molecule has 6 aromatic rings. The summed E-state index contributed by atoms with van der Waals surface area (Å²) in [4.78, 5) is 20.4. The SMILES string of the molecule is [Co+3].[N-]=[N+]=[N-].[N-]=[N+]=[N-].[O-][Cl+3]([O-])([O-])[O-].c1cnc2c(c1)ccc1cccnc12.c1cnc2c(c1)ccc1cccnc12. The van der Waals surface area contributed by atoms with E-state index in [9.17, 15) is 0 Å². The van der Waals surface area contributed by atoms with Crippen LogP contribution in [0.1, 0.15) is 0 Å². The van der Waals surface area contributed by atoms with Gasteiger partial charge in [0.05, 0.1) is 22.1 Å². The van der Waals surface area contributed by atoms with E-state index in [1.165, 1.54) is 9.82 Å². The van der Waals surface area contributed by atoms with Crippen LogP contribution in [0.2, 0.25) is 0 Å². The molecule has 0 radical (unpaired) electrons. The van der Waals surface area contributed by atoms with Gasteiger partial charge in [-0.3, -0.25) is 29.8 Å². The quantitative estimate of drug-likeness (QED) is 0.108. The Bertz CT molecular complexity index is 1500. The molecule has 14 nitrogen and oxygen atoms in total. The molecule has 0 saturated carbocycles. The summed E-state index contributed by atoms with van der Waals surface area (Å²) in [5.41, 5.74) is 30.9. The summed E-state index contributed by atoms with van der Waals surface area (Å²) >= 11 is 0. The Kier molecular flexibility index (Phi) is 14.2. The molecule has 0 bridgehead atoms. The fourth-order valence-electron chi connectivity index (χ4n) is 3.36. The largest absolute Gasteiger partial charge is 3.00 e. The maximum absolute atomic E-state index is 8.49. The molecule has 2 aromatic carbocycles. The molecule has 0 aliphatic carbocycles. The maximum atomic E-state index is 8.49. The first-order chi connectivity index (χ1) is 18.7. The van der Waals surface area contributed by atoms with Gasteiger partial charge in [-0.2, -0.15) is 0 Å². The first-order valence-electron chi connectivity index (χ1n) is 10.5. The molecule has 40 heavy (non-hydrogen) atoms. The van der Waals surface area contributed by atoms with E-state index in [-0.39, 0.29) is 16.8 Å². The summed E-state index contributed by atoms with van der Waals surface area (Å²) in [5, 5.41) is 4.55. The van der Waals surface area contributed by atoms with Crippen molar-refractivity contribution in [2.75, 3.05) is 0 Å². The van der Waals surface area contributed by atoms with Gasteiger partial charge < -0.3 is 22.1 Å². The molecule has 4 heterocycles. The normalized spacial score (nSPS) is 9.50. The summed E-state index contributed by atoms with van der Waals surface area (Å²) in [6.07, 6.45) is 7.21. The minimum Gasteiger partial charge on any atom is -0.373 e. The Morgan fingerprint density at radius 2 is 0.625 bits per heavy atom. The second kappa shape index (κ2) is 17.0. The van der Waals surface area contributed by atoms with Crippen molar-refractivity contribution >= 4 is 43.6 Å². The molecule has 0 saturated heterocycles. The van der Waals surface area contributed by atoms with Crippen molar-refractivity contribution in [1.29, 1.82) is 0 Å². The Morgan fingerprint density at radius 3 is 0.800 bits per heavy atom. The Hall–Kier alpha value is -4.66. The molecule has 0 unspecified atom stereocenters. The van der Waals surface area contributed by atoms with Crippen LogP contribution in [0.25, 0.3) is 75.6 Å². The van der Waals surface area contributed by atoms with Crippen molar-refractivity contribution in [3.05, 3.63) is 130 Å². The van der Waals surface area contributed by atoms with Gasteiger partial charge in [-0.15, -0.1) is 10.2 Å². The van der Waals surface area contributed by atoms with Crippen molar-refractivity contribution in [2.24, 2.45) is 0 Å². The number of pyridine rings is 4. The van der Waals surface area contributed by atoms with Gasteiger partial charge in [0.15, 0.2) is 0 Å². The summed E-state index contributed by atoms with van der Waals surface area (Å²) in [5.74, 6) is 0. The van der Waals surface area contributed by atoms with Crippen LogP contribution in [0.15, 0.2) is 97.6 Å². The third-order valence-electron chi connectivity index (χ3n) is 4.69. The summed E-state index contributed by atoms with van der Waals surface area (Å²) in [6, 6.07) is 24.3. The zero-order valence-electron chi connectivity index (χ0n) is 20.1. The Labute approximate surface area is 238 Å². The molecular formula is C24H16ClCoN10O4. The minimum atomic E-state index is -4.94. The number of hydrogen-bond acceptors (Lipinski definition) is 8. The van der Waals surface area contributed by atoms with E-state index in [0.717, 1.165) is 43.6 Å². The third kappa shape index (κ3) is 10.6. The summed E-state index contributed by atoms with van der Waals surface area (Å²) in [6.45, 7) is 0. The molecule has 0 aliphatic heterocycles. The van der Waals surface area contributed by atoms with Crippen LogP contribution in [0.4, 0.5) is 0 Å². The molecular weight excluding hydrogens is 587 g/mol. The first-order valence-corrected chi connectivity index (χ1v) is 11.7. The zero-order valence-corrected chi connectivity index (χ0v) is 21.9. The Balaban J connectivity index is 0.000000291. The van der Waals surface area contributed by atoms with Crippen molar-refractivity contribution in [1.82, 2.24) is 19.9 Å². The number of benzene rings is 2. The summed E-state index contributed by atoms with van der Waals surface area (Å²) < 4.78 is 34.0. The molecule has 0 spiro atoms. The van der Waals surface area contributed by atoms with Crippen LogP contribution in [-0.2, 0) is 16.8 Å². The molecule has 202 valence electrons. The second-order valence-corrected chi connectivity index (χ2v) is 7.74. The molecule has 4 aromatic heterocycles. The van der Waals surface area contributed by atoms with Crippen LogP contribution in [-0.4, -0.2) is 19.9 Å². The van der Waals surface area contributed by atoms with Crippen LogP contribution < -0.4 is 18.6 Å². The van der Waals surface area contributed by atoms with Crippen LogP contribution in [0, 0.1) is 10.2 Å². The van der Waals surface area contributed by atoms with Crippen molar-refractivity contribution in [3.8, 4) is 0 Å². The smallest absolute Gasteiger partial charge is 0.373 e. The zero-order chi connectivity index (χ0) is 28.7. The van der Waals surface area contributed by atoms with Gasteiger partial charge in [-0.25, -0.2) is 18.6 Å². The van der Waals surface area contributed by atoms with Gasteiger partial charge in [-0.1, -0.05) is 48.5 Å². The monoisotopic (exact) mass is 602 g/mol. The van der Waals surface area contributed by atoms with Gasteiger partial charge >= 0.3 is 16.8 Å². The molecule has 16 heteroatoms. The van der Waals surface area contributed by atoms with E-state index in [1.807, 2.05) is 24.3 Å². The first kappa shape index (κ1) is 33.4. The molecule has 6 rings (SSSR count). The van der Waals surface area contributed by atoms with E-state index < -0.39 is 10.2 Å². The maximum Gasteiger partial charge on any atom is 3.00 e. The van der Waals surface area contributed by atoms with Gasteiger partial charge in [0.2, 0.25) is 0 Å². The van der Waals surface area contributed by atoms with Crippen LogP contribution in [0.5, 0.6) is 0 Å². The molecule has 0 N–H and O–H groups in total. The van der Waals surface area contributed by atoms with Gasteiger partial charge in [0.25, 0.3) is 0 Å². The molecule has 0 fully saturated rings. The molecule has 0 amide bonds. The fraction of sp³-hybridized carbons (Fsp3) is 0. The second-order valence-electron chi connectivity index (χ2n) is 6.99. The number of nitrogens with zero attached hydrogens (tertiary/aromatic N) is 10. The number of rotatable bonds is 0. The number of halogens is 1. The number of aromatic nitrogens is 4. The molecule has 0 aliphatic rings. The predicted molar refractivity (Wildman–Crippen MR) is 134 cm³/mol. The van der Waals surface area contributed by atoms with Gasteiger partial charge in [-0.05, 0) is 24.3 Å². The average Bonchev–Trinajstić information content (AvgIpc) is 2.93. The summed E-state index contributed by atoms with van der Waals surface area (Å²) in [7, 11) is -4.94. The van der Waals surface area contributed by atoms with Crippen molar-refractivity contribution in [3.63, 3.8) is 0 Å². The van der Waals surface area contributed by atoms with Gasteiger partial charge in [0.1, 0.15) is 0 Å². The van der Waals surface area contributed by atoms with E-state index in [0.29, 0.717) is 0 Å². The average molecular weight is 603 g/mol. The van der Waals surface area contributed by atoms with E-state index in [4.69, 9.17) is 40.8 Å². The standard InChI is InChI=1S/2C12H8N2.ClHO4.Co.2N3/c2*1-3-9-5-6-10-4-2-8-14-12(10)11(9)13-7-1;2-1(3,4)5;;2*1-3-2/h2*1-8H;(H,2,3,4,5);;;/q;;;+3;2*-1/p-1. The van der Waals surface area contributed by atoms with Crippen molar-refractivity contribution < 1.29 is 45.7 Å². The fourth-order valence-corrected chi connectivity index (χ4v) is 3.36. The van der Waals surface area contributed by atoms with Gasteiger partial charge in [0, 0.05) is 46.3 Å². The topological polar surface area (TPSA) is 261 Å². The van der Waals surface area contributed by atoms with Crippen LogP contribution in [0.3, 0.4) is 0 Å². The molecule has 0 atom stereocenters. The van der Waals surface area contributed by atoms with Crippen LogP contribution >= 0.6 is 0 Å². The number of fused-ring (bicyclic) bond motifs is 6. The van der Waals surface area contributed by atoms with E-state index in [2.05, 4.69) is 68.5 Å². The number of hydrogen-bond donors (Lipinski definition) is 0. The van der Waals surface area contributed by atoms with E-state index in [1.54, 1.807) is 24.8 Å². The third-order valence-corrected chi connectivity index (χ3v) is 4.69. The van der Waals surface area contributed by atoms with Crippen molar-refractivity contribution in [2.45, 2.75) is 0 Å². The minimum absolute atomic E-state index is 0. The Morgan fingerprint density at radius 1 is 0.450 bits per heavy atom. The predicted octanol–water partition coefficient (Wildman–Crippen LogP) is 2.54.